The summed E-state index contributed by atoms with van der Waals surface area (Å²) in [5.74, 6) is -1.08. The summed E-state index contributed by atoms with van der Waals surface area (Å²) in [6.45, 7) is 4.24. The molecule has 0 aliphatic heterocycles. The number of carbonyl (C=O) groups excluding carboxylic acids is 1. The van der Waals surface area contributed by atoms with Crippen LogP contribution in [-0.2, 0) is 6.54 Å². The van der Waals surface area contributed by atoms with E-state index in [4.69, 9.17) is 5.11 Å². The first kappa shape index (κ1) is 13.5. The van der Waals surface area contributed by atoms with Crippen molar-refractivity contribution in [2.24, 2.45) is 0 Å². The van der Waals surface area contributed by atoms with Crippen molar-refractivity contribution in [1.29, 1.82) is 0 Å². The zero-order valence-corrected chi connectivity index (χ0v) is 10.4. The molecule has 0 saturated heterocycles. The second-order valence-electron chi connectivity index (χ2n) is 4.23. The van der Waals surface area contributed by atoms with Gasteiger partial charge < -0.3 is 9.67 Å². The Balaban J connectivity index is 2.74. The van der Waals surface area contributed by atoms with Crippen molar-refractivity contribution < 1.29 is 14.7 Å². The largest absolute Gasteiger partial charge is 0.477 e. The van der Waals surface area contributed by atoms with Crippen LogP contribution in [0.2, 0.25) is 0 Å². The second-order valence-corrected chi connectivity index (χ2v) is 4.23. The van der Waals surface area contributed by atoms with Gasteiger partial charge in [0.15, 0.2) is 5.78 Å². The van der Waals surface area contributed by atoms with E-state index in [9.17, 15) is 9.59 Å². The number of carbonyl (C=O) groups is 2. The van der Waals surface area contributed by atoms with Crippen LogP contribution >= 0.6 is 0 Å². The third kappa shape index (κ3) is 3.73. The summed E-state index contributed by atoms with van der Waals surface area (Å²) in [7, 11) is 0. The monoisotopic (exact) mass is 237 g/mol. The minimum atomic E-state index is -0.979. The van der Waals surface area contributed by atoms with E-state index in [1.54, 1.807) is 10.8 Å². The van der Waals surface area contributed by atoms with Gasteiger partial charge in [-0.15, -0.1) is 0 Å². The van der Waals surface area contributed by atoms with Crippen LogP contribution in [0.25, 0.3) is 0 Å². The van der Waals surface area contributed by atoms with Crippen molar-refractivity contribution in [3.8, 4) is 0 Å². The Morgan fingerprint density at radius 2 is 2.00 bits per heavy atom. The molecule has 0 amide bonds. The van der Waals surface area contributed by atoms with Crippen LogP contribution in [0.1, 0.15) is 60.4 Å². The summed E-state index contributed by atoms with van der Waals surface area (Å²) in [5, 5.41) is 9.03. The number of unbranched alkanes of at least 4 members (excludes halogenated alkanes) is 3. The molecule has 0 aromatic carbocycles. The Morgan fingerprint density at radius 1 is 1.29 bits per heavy atom. The molecule has 0 spiro atoms. The Bertz CT molecular complexity index is 407. The predicted molar refractivity (Wildman–Crippen MR) is 65.5 cm³/mol. The number of carboxylic acids is 1. The lowest BCUT2D eigenvalue weighted by atomic mass is 10.2. The molecule has 1 aromatic heterocycles. The number of rotatable bonds is 7. The van der Waals surface area contributed by atoms with Gasteiger partial charge in [0.2, 0.25) is 0 Å². The van der Waals surface area contributed by atoms with E-state index in [0.717, 1.165) is 25.7 Å². The Morgan fingerprint density at radius 3 is 2.53 bits per heavy atom. The summed E-state index contributed by atoms with van der Waals surface area (Å²) in [6.07, 6.45) is 5.97. The van der Waals surface area contributed by atoms with Crippen molar-refractivity contribution in [1.82, 2.24) is 4.57 Å². The first-order valence-corrected chi connectivity index (χ1v) is 6.00. The molecule has 0 aliphatic rings. The number of aromatic nitrogens is 1. The predicted octanol–water partition coefficient (Wildman–Crippen LogP) is 2.97. The standard InChI is InChI=1S/C13H19NO3/c1-3-4-5-6-7-14-9-11(10(2)15)8-12(14)13(16)17/h8-9H,3-7H2,1-2H3,(H,16,17). The zero-order chi connectivity index (χ0) is 12.8. The van der Waals surface area contributed by atoms with Gasteiger partial charge in [-0.2, -0.15) is 0 Å². The second kappa shape index (κ2) is 6.23. The lowest BCUT2D eigenvalue weighted by Crippen LogP contribution is -2.07. The number of hydrogen-bond acceptors (Lipinski definition) is 2. The molecule has 4 heteroatoms. The number of Topliss-reactive ketones (excluding diaryl/α,β-unsaturated/α-hetero) is 1. The molecule has 0 unspecified atom stereocenters. The maximum Gasteiger partial charge on any atom is 0.352 e. The molecule has 17 heavy (non-hydrogen) atoms. The van der Waals surface area contributed by atoms with E-state index >= 15 is 0 Å². The summed E-state index contributed by atoms with van der Waals surface area (Å²) in [6, 6.07) is 1.45. The van der Waals surface area contributed by atoms with Crippen molar-refractivity contribution in [3.05, 3.63) is 23.5 Å². The molecule has 0 saturated carbocycles. The average molecular weight is 237 g/mol. The van der Waals surface area contributed by atoms with E-state index in [0.29, 0.717) is 12.1 Å². The molecular formula is C13H19NO3. The lowest BCUT2D eigenvalue weighted by molar-refractivity contribution is 0.0684. The van der Waals surface area contributed by atoms with Gasteiger partial charge in [0.05, 0.1) is 0 Å². The van der Waals surface area contributed by atoms with Crippen LogP contribution in [0, 0.1) is 0 Å². The van der Waals surface area contributed by atoms with Crippen LogP contribution in [0.5, 0.6) is 0 Å². The van der Waals surface area contributed by atoms with Gasteiger partial charge in [-0.05, 0) is 19.4 Å². The molecule has 0 radical (unpaired) electrons. The molecule has 1 heterocycles. The third-order valence-electron chi connectivity index (χ3n) is 2.77. The molecule has 0 aliphatic carbocycles. The Hall–Kier alpha value is -1.58. The zero-order valence-electron chi connectivity index (χ0n) is 10.4. The fourth-order valence-electron chi connectivity index (χ4n) is 1.78. The van der Waals surface area contributed by atoms with Crippen molar-refractivity contribution in [2.45, 2.75) is 46.1 Å². The summed E-state index contributed by atoms with van der Waals surface area (Å²) in [4.78, 5) is 22.2. The van der Waals surface area contributed by atoms with Crippen molar-refractivity contribution in [3.63, 3.8) is 0 Å². The minimum absolute atomic E-state index is 0.0974. The van der Waals surface area contributed by atoms with Crippen molar-refractivity contribution >= 4 is 11.8 Å². The Labute approximate surface area is 101 Å². The van der Waals surface area contributed by atoms with Crippen LogP contribution in [0.4, 0.5) is 0 Å². The number of aromatic carboxylic acids is 1. The van der Waals surface area contributed by atoms with Crippen LogP contribution < -0.4 is 0 Å². The normalized spacial score (nSPS) is 10.5. The number of ketones is 1. The molecule has 0 bridgehead atoms. The fourth-order valence-corrected chi connectivity index (χ4v) is 1.78. The number of aryl methyl sites for hydroxylation is 1. The van der Waals surface area contributed by atoms with E-state index < -0.39 is 5.97 Å². The summed E-state index contributed by atoms with van der Waals surface area (Å²) >= 11 is 0. The SMILES string of the molecule is CCCCCCn1cc(C(C)=O)cc1C(=O)O. The average Bonchev–Trinajstić information content (AvgIpc) is 2.68. The molecular weight excluding hydrogens is 218 g/mol. The van der Waals surface area contributed by atoms with Gasteiger partial charge in [-0.3, -0.25) is 4.79 Å². The topological polar surface area (TPSA) is 59.3 Å². The summed E-state index contributed by atoms with van der Waals surface area (Å²) in [5.41, 5.74) is 0.671. The van der Waals surface area contributed by atoms with Gasteiger partial charge in [0.1, 0.15) is 5.69 Å². The quantitative estimate of drug-likeness (QED) is 0.586. The van der Waals surface area contributed by atoms with Crippen molar-refractivity contribution in [2.75, 3.05) is 0 Å². The van der Waals surface area contributed by atoms with Crippen LogP contribution in [-0.4, -0.2) is 21.4 Å². The molecule has 94 valence electrons. The number of hydrogen-bond donors (Lipinski definition) is 1. The highest BCUT2D eigenvalue weighted by molar-refractivity contribution is 5.97. The van der Waals surface area contributed by atoms with E-state index in [1.165, 1.54) is 13.0 Å². The highest BCUT2D eigenvalue weighted by Crippen LogP contribution is 2.12. The minimum Gasteiger partial charge on any atom is -0.477 e. The smallest absolute Gasteiger partial charge is 0.352 e. The van der Waals surface area contributed by atoms with E-state index in [2.05, 4.69) is 6.92 Å². The first-order chi connectivity index (χ1) is 8.06. The molecule has 0 fully saturated rings. The first-order valence-electron chi connectivity index (χ1n) is 6.00. The maximum absolute atomic E-state index is 11.2. The molecule has 1 aromatic rings. The molecule has 4 nitrogen and oxygen atoms in total. The van der Waals surface area contributed by atoms with Gasteiger partial charge in [0.25, 0.3) is 0 Å². The molecule has 1 rings (SSSR count). The van der Waals surface area contributed by atoms with Crippen LogP contribution in [0.3, 0.4) is 0 Å². The van der Waals surface area contributed by atoms with Gasteiger partial charge >= 0.3 is 5.97 Å². The Kier molecular flexibility index (Phi) is 4.94. The third-order valence-corrected chi connectivity index (χ3v) is 2.77. The fraction of sp³-hybridized carbons (Fsp3) is 0.538. The van der Waals surface area contributed by atoms with Gasteiger partial charge in [-0.1, -0.05) is 26.2 Å². The highest BCUT2D eigenvalue weighted by Gasteiger charge is 2.14. The van der Waals surface area contributed by atoms with E-state index in [-0.39, 0.29) is 11.5 Å². The number of nitrogens with zero attached hydrogens (tertiary/aromatic N) is 1. The van der Waals surface area contributed by atoms with Gasteiger partial charge in [-0.25, -0.2) is 4.79 Å². The van der Waals surface area contributed by atoms with Crippen LogP contribution in [0.15, 0.2) is 12.3 Å². The maximum atomic E-state index is 11.2. The van der Waals surface area contributed by atoms with E-state index in [1.807, 2.05) is 0 Å². The molecule has 1 N–H and O–H groups in total. The summed E-state index contributed by atoms with van der Waals surface area (Å²) < 4.78 is 1.66. The van der Waals surface area contributed by atoms with Gasteiger partial charge in [0, 0.05) is 18.3 Å². The lowest BCUT2D eigenvalue weighted by Gasteiger charge is -2.05. The number of carboxylic acid groups (broad SMARTS) is 1. The molecule has 0 atom stereocenters. The highest BCUT2D eigenvalue weighted by atomic mass is 16.4.